The maximum Gasteiger partial charge on any atom is 0.249 e. The van der Waals surface area contributed by atoms with Gasteiger partial charge in [0.15, 0.2) is 0 Å². The van der Waals surface area contributed by atoms with Crippen molar-refractivity contribution in [2.45, 2.75) is 0 Å². The molecule has 11 heavy (non-hydrogen) atoms. The second kappa shape index (κ2) is 3.05. The van der Waals surface area contributed by atoms with Gasteiger partial charge in [0, 0.05) is 0 Å². The van der Waals surface area contributed by atoms with E-state index < -0.39 is 5.91 Å². The van der Waals surface area contributed by atoms with Crippen LogP contribution < -0.4 is 10.5 Å². The van der Waals surface area contributed by atoms with Crippen molar-refractivity contribution in [2.75, 3.05) is 7.11 Å². The molecule has 3 nitrogen and oxygen atoms in total. The SMILES string of the molecule is COc1cc[c]c(C(N)=O)c1. The monoisotopic (exact) mass is 150 g/mol. The molecule has 1 aromatic rings. The minimum absolute atomic E-state index is 0.337. The molecular formula is C8H8NO2. The summed E-state index contributed by atoms with van der Waals surface area (Å²) in [7, 11) is 1.53. The van der Waals surface area contributed by atoms with Crippen LogP contribution in [0.15, 0.2) is 18.2 Å². The Kier molecular flexibility index (Phi) is 2.11. The highest BCUT2D eigenvalue weighted by Gasteiger charge is 2.00. The van der Waals surface area contributed by atoms with Gasteiger partial charge in [-0.1, -0.05) is 0 Å². The molecule has 0 aliphatic carbocycles. The van der Waals surface area contributed by atoms with Crippen LogP contribution in [-0.2, 0) is 0 Å². The largest absolute Gasteiger partial charge is 0.497 e. The van der Waals surface area contributed by atoms with E-state index in [0.29, 0.717) is 11.3 Å². The van der Waals surface area contributed by atoms with Crippen LogP contribution in [0.2, 0.25) is 0 Å². The molecule has 0 saturated carbocycles. The van der Waals surface area contributed by atoms with Crippen molar-refractivity contribution in [1.29, 1.82) is 0 Å². The van der Waals surface area contributed by atoms with E-state index in [-0.39, 0.29) is 0 Å². The van der Waals surface area contributed by atoms with Gasteiger partial charge in [-0.15, -0.1) is 0 Å². The van der Waals surface area contributed by atoms with Gasteiger partial charge in [-0.05, 0) is 24.3 Å². The Morgan fingerprint density at radius 1 is 1.73 bits per heavy atom. The Hall–Kier alpha value is -1.51. The van der Waals surface area contributed by atoms with Crippen molar-refractivity contribution in [2.24, 2.45) is 5.73 Å². The fraction of sp³-hybridized carbons (Fsp3) is 0.125. The fourth-order valence-electron chi connectivity index (χ4n) is 0.715. The maximum absolute atomic E-state index is 10.6. The quantitative estimate of drug-likeness (QED) is 0.671. The lowest BCUT2D eigenvalue weighted by Gasteiger charge is -1.99. The van der Waals surface area contributed by atoms with E-state index in [1.54, 1.807) is 18.2 Å². The van der Waals surface area contributed by atoms with Crippen LogP contribution in [-0.4, -0.2) is 13.0 Å². The average Bonchev–Trinajstić information content (AvgIpc) is 2.05. The van der Waals surface area contributed by atoms with E-state index in [1.807, 2.05) is 0 Å². The van der Waals surface area contributed by atoms with E-state index in [0.717, 1.165) is 0 Å². The molecule has 0 aliphatic rings. The summed E-state index contributed by atoms with van der Waals surface area (Å²) in [6.45, 7) is 0. The van der Waals surface area contributed by atoms with Crippen LogP contribution in [0.25, 0.3) is 0 Å². The zero-order valence-corrected chi connectivity index (χ0v) is 6.13. The van der Waals surface area contributed by atoms with Crippen molar-refractivity contribution in [3.8, 4) is 5.75 Å². The van der Waals surface area contributed by atoms with Gasteiger partial charge in [0.2, 0.25) is 5.91 Å². The highest BCUT2D eigenvalue weighted by molar-refractivity contribution is 5.92. The third-order valence-electron chi connectivity index (χ3n) is 1.27. The number of amides is 1. The number of ether oxygens (including phenoxy) is 1. The second-order valence-electron chi connectivity index (χ2n) is 2.01. The van der Waals surface area contributed by atoms with Gasteiger partial charge in [0.1, 0.15) is 5.75 Å². The smallest absolute Gasteiger partial charge is 0.249 e. The molecule has 57 valence electrons. The van der Waals surface area contributed by atoms with Gasteiger partial charge in [-0.2, -0.15) is 0 Å². The predicted octanol–water partition coefficient (Wildman–Crippen LogP) is 0.594. The summed E-state index contributed by atoms with van der Waals surface area (Å²) >= 11 is 0. The molecule has 0 aromatic heterocycles. The van der Waals surface area contributed by atoms with E-state index >= 15 is 0 Å². The zero-order chi connectivity index (χ0) is 8.27. The number of nitrogens with two attached hydrogens (primary N) is 1. The number of hydrogen-bond acceptors (Lipinski definition) is 2. The van der Waals surface area contributed by atoms with Crippen LogP contribution in [0.3, 0.4) is 0 Å². The van der Waals surface area contributed by atoms with Gasteiger partial charge < -0.3 is 10.5 Å². The number of benzene rings is 1. The first-order valence-corrected chi connectivity index (χ1v) is 3.09. The van der Waals surface area contributed by atoms with Crippen LogP contribution in [0.1, 0.15) is 10.4 Å². The summed E-state index contributed by atoms with van der Waals surface area (Å²) in [5.41, 5.74) is 5.35. The summed E-state index contributed by atoms with van der Waals surface area (Å²) in [5, 5.41) is 0. The third-order valence-corrected chi connectivity index (χ3v) is 1.27. The van der Waals surface area contributed by atoms with E-state index in [1.165, 1.54) is 7.11 Å². The molecular weight excluding hydrogens is 142 g/mol. The van der Waals surface area contributed by atoms with Crippen LogP contribution in [0, 0.1) is 6.07 Å². The fourth-order valence-corrected chi connectivity index (χ4v) is 0.715. The zero-order valence-electron chi connectivity index (χ0n) is 6.13. The molecule has 3 heteroatoms. The first-order valence-electron chi connectivity index (χ1n) is 3.09. The van der Waals surface area contributed by atoms with Crippen molar-refractivity contribution < 1.29 is 9.53 Å². The molecule has 1 rings (SSSR count). The number of carbonyl (C=O) groups excluding carboxylic acids is 1. The van der Waals surface area contributed by atoms with Crippen LogP contribution in [0.4, 0.5) is 0 Å². The number of rotatable bonds is 2. The number of primary amides is 1. The number of hydrogen-bond donors (Lipinski definition) is 1. The van der Waals surface area contributed by atoms with Gasteiger partial charge >= 0.3 is 0 Å². The molecule has 1 aromatic carbocycles. The third kappa shape index (κ3) is 1.70. The summed E-state index contributed by atoms with van der Waals surface area (Å²) in [4.78, 5) is 10.6. The van der Waals surface area contributed by atoms with E-state index in [4.69, 9.17) is 10.5 Å². The van der Waals surface area contributed by atoms with E-state index in [2.05, 4.69) is 6.07 Å². The molecule has 0 atom stereocenters. The number of methoxy groups -OCH3 is 1. The normalized spacial score (nSPS) is 9.18. The lowest BCUT2D eigenvalue weighted by atomic mass is 10.2. The molecule has 0 heterocycles. The predicted molar refractivity (Wildman–Crippen MR) is 40.3 cm³/mol. The summed E-state index contributed by atoms with van der Waals surface area (Å²) < 4.78 is 4.88. The van der Waals surface area contributed by atoms with Gasteiger partial charge in [-0.3, -0.25) is 4.79 Å². The molecule has 2 N–H and O–H groups in total. The molecule has 0 spiro atoms. The lowest BCUT2D eigenvalue weighted by molar-refractivity contribution is 0.0999. The lowest BCUT2D eigenvalue weighted by Crippen LogP contribution is -2.10. The molecule has 0 saturated heterocycles. The van der Waals surface area contributed by atoms with Crippen molar-refractivity contribution in [3.63, 3.8) is 0 Å². The molecule has 0 bridgehead atoms. The summed E-state index contributed by atoms with van der Waals surface area (Å²) in [6.07, 6.45) is 0. The minimum atomic E-state index is -0.496. The molecule has 0 fully saturated rings. The Labute approximate surface area is 64.8 Å². The number of carbonyl (C=O) groups is 1. The highest BCUT2D eigenvalue weighted by Crippen LogP contribution is 2.10. The van der Waals surface area contributed by atoms with Crippen LogP contribution in [0.5, 0.6) is 5.75 Å². The maximum atomic E-state index is 10.6. The first kappa shape index (κ1) is 7.60. The molecule has 1 radical (unpaired) electrons. The first-order chi connectivity index (χ1) is 5.24. The Morgan fingerprint density at radius 2 is 2.45 bits per heavy atom. The van der Waals surface area contributed by atoms with Crippen molar-refractivity contribution in [3.05, 3.63) is 29.8 Å². The highest BCUT2D eigenvalue weighted by atomic mass is 16.5. The van der Waals surface area contributed by atoms with Crippen molar-refractivity contribution >= 4 is 5.91 Å². The topological polar surface area (TPSA) is 52.3 Å². The van der Waals surface area contributed by atoms with Gasteiger partial charge in [0.05, 0.1) is 12.7 Å². The summed E-state index contributed by atoms with van der Waals surface area (Å²) in [5.74, 6) is 0.112. The van der Waals surface area contributed by atoms with Gasteiger partial charge in [0.25, 0.3) is 0 Å². The van der Waals surface area contributed by atoms with Crippen LogP contribution >= 0.6 is 0 Å². The summed E-state index contributed by atoms with van der Waals surface area (Å²) in [6, 6.07) is 7.53. The Bertz CT molecular complexity index is 271. The standard InChI is InChI=1S/C8H8NO2/c1-11-7-4-2-3-6(5-7)8(9)10/h2,4-5H,1H3,(H2,9,10). The Morgan fingerprint density at radius 3 is 3.00 bits per heavy atom. The van der Waals surface area contributed by atoms with Gasteiger partial charge in [-0.25, -0.2) is 0 Å². The van der Waals surface area contributed by atoms with Crippen molar-refractivity contribution in [1.82, 2.24) is 0 Å². The minimum Gasteiger partial charge on any atom is -0.497 e. The molecule has 0 unspecified atom stereocenters. The Balaban J connectivity index is 3.01. The molecule has 1 amide bonds. The second-order valence-corrected chi connectivity index (χ2v) is 2.01. The molecule has 0 aliphatic heterocycles. The average molecular weight is 150 g/mol. The van der Waals surface area contributed by atoms with E-state index in [9.17, 15) is 4.79 Å².